The summed E-state index contributed by atoms with van der Waals surface area (Å²) in [5.74, 6) is 1.40. The highest BCUT2D eigenvalue weighted by Crippen LogP contribution is 2.40. The molecule has 0 saturated carbocycles. The van der Waals surface area contributed by atoms with Crippen molar-refractivity contribution in [2.45, 2.75) is 0 Å². The maximum absolute atomic E-state index is 6.17. The largest absolute Gasteiger partial charge is 0.495 e. The fourth-order valence-corrected chi connectivity index (χ4v) is 1.89. The molecule has 0 bridgehead atoms. The van der Waals surface area contributed by atoms with Crippen LogP contribution in [-0.4, -0.2) is 24.2 Å². The second kappa shape index (κ2) is 5.10. The van der Waals surface area contributed by atoms with Gasteiger partial charge in [-0.3, -0.25) is 4.98 Å². The quantitative estimate of drug-likeness (QED) is 0.923. The lowest BCUT2D eigenvalue weighted by Gasteiger charge is -2.12. The van der Waals surface area contributed by atoms with Crippen molar-refractivity contribution in [3.05, 3.63) is 29.5 Å². The molecule has 0 spiro atoms. The lowest BCUT2D eigenvalue weighted by atomic mass is 10.1. The van der Waals surface area contributed by atoms with E-state index in [1.807, 2.05) is 6.07 Å². The molecule has 0 unspecified atom stereocenters. The van der Waals surface area contributed by atoms with E-state index in [0.717, 1.165) is 5.56 Å². The minimum atomic E-state index is 0.359. The van der Waals surface area contributed by atoms with Gasteiger partial charge in [0.2, 0.25) is 0 Å². The molecule has 0 fully saturated rings. The van der Waals surface area contributed by atoms with Gasteiger partial charge in [0, 0.05) is 5.56 Å². The van der Waals surface area contributed by atoms with E-state index in [4.69, 9.17) is 26.8 Å². The number of hydrogen-bond donors (Lipinski definition) is 1. The summed E-state index contributed by atoms with van der Waals surface area (Å²) in [6.45, 7) is 0. The van der Waals surface area contributed by atoms with Crippen LogP contribution >= 0.6 is 11.6 Å². The van der Waals surface area contributed by atoms with Crippen molar-refractivity contribution in [1.29, 1.82) is 0 Å². The summed E-state index contributed by atoms with van der Waals surface area (Å²) in [6.07, 6.45) is 3.04. The molecule has 6 heteroatoms. The summed E-state index contributed by atoms with van der Waals surface area (Å²) in [4.78, 5) is 8.18. The smallest absolute Gasteiger partial charge is 0.150 e. The fraction of sp³-hybridized carbons (Fsp3) is 0.167. The van der Waals surface area contributed by atoms with Crippen molar-refractivity contribution in [1.82, 2.24) is 9.97 Å². The number of halogens is 1. The first-order valence-corrected chi connectivity index (χ1v) is 5.53. The van der Waals surface area contributed by atoms with Crippen LogP contribution in [0.4, 0.5) is 5.82 Å². The van der Waals surface area contributed by atoms with Crippen LogP contribution in [0.5, 0.6) is 11.5 Å². The highest BCUT2D eigenvalue weighted by Gasteiger charge is 2.15. The van der Waals surface area contributed by atoms with Crippen molar-refractivity contribution in [2.75, 3.05) is 20.0 Å². The number of aromatic nitrogens is 2. The predicted molar refractivity (Wildman–Crippen MR) is 70.0 cm³/mol. The second-order valence-corrected chi connectivity index (χ2v) is 3.87. The van der Waals surface area contributed by atoms with Crippen molar-refractivity contribution >= 4 is 17.4 Å². The second-order valence-electron chi connectivity index (χ2n) is 3.49. The first-order chi connectivity index (χ1) is 8.67. The number of methoxy groups -OCH3 is 2. The average Bonchev–Trinajstić information content (AvgIpc) is 2.39. The van der Waals surface area contributed by atoms with Crippen LogP contribution in [0.25, 0.3) is 11.3 Å². The molecule has 1 aromatic carbocycles. The predicted octanol–water partition coefficient (Wildman–Crippen LogP) is 2.40. The summed E-state index contributed by atoms with van der Waals surface area (Å²) < 4.78 is 10.4. The Bertz CT molecular complexity index is 558. The van der Waals surface area contributed by atoms with E-state index in [2.05, 4.69) is 9.97 Å². The van der Waals surface area contributed by atoms with Crippen LogP contribution in [0.1, 0.15) is 0 Å². The molecule has 0 aliphatic carbocycles. The molecule has 2 rings (SSSR count). The molecule has 0 saturated heterocycles. The number of nitrogen functional groups attached to an aromatic ring is 1. The zero-order chi connectivity index (χ0) is 13.1. The number of benzene rings is 1. The number of rotatable bonds is 3. The molecule has 0 atom stereocenters. The zero-order valence-corrected chi connectivity index (χ0v) is 10.7. The third-order valence-electron chi connectivity index (χ3n) is 2.43. The van der Waals surface area contributed by atoms with Crippen LogP contribution in [0.2, 0.25) is 5.02 Å². The van der Waals surface area contributed by atoms with E-state index in [9.17, 15) is 0 Å². The van der Waals surface area contributed by atoms with Gasteiger partial charge in [-0.15, -0.1) is 0 Å². The summed E-state index contributed by atoms with van der Waals surface area (Å²) in [6, 6.07) is 3.56. The zero-order valence-electron chi connectivity index (χ0n) is 9.98. The minimum Gasteiger partial charge on any atom is -0.495 e. The van der Waals surface area contributed by atoms with Crippen LogP contribution < -0.4 is 15.2 Å². The molecule has 1 heterocycles. The van der Waals surface area contributed by atoms with E-state index < -0.39 is 0 Å². The standard InChI is InChI=1S/C12H12ClN3O2/c1-17-9-4-3-7(12(18-2)11(9)13)8-5-16-10(14)6-15-8/h3-6H,1-2H3,(H2,14,16). The number of ether oxygens (including phenoxy) is 2. The third-order valence-corrected chi connectivity index (χ3v) is 2.79. The SMILES string of the molecule is COc1ccc(-c2cnc(N)cn2)c(OC)c1Cl. The highest BCUT2D eigenvalue weighted by atomic mass is 35.5. The monoisotopic (exact) mass is 265 g/mol. The highest BCUT2D eigenvalue weighted by molar-refractivity contribution is 6.34. The van der Waals surface area contributed by atoms with Crippen LogP contribution in [0, 0.1) is 0 Å². The Balaban J connectivity index is 2.57. The Morgan fingerprint density at radius 2 is 1.89 bits per heavy atom. The van der Waals surface area contributed by atoms with E-state index in [1.54, 1.807) is 19.4 Å². The lowest BCUT2D eigenvalue weighted by molar-refractivity contribution is 0.395. The first-order valence-electron chi connectivity index (χ1n) is 5.15. The molecule has 0 amide bonds. The van der Waals surface area contributed by atoms with Gasteiger partial charge in [0.1, 0.15) is 16.6 Å². The van der Waals surface area contributed by atoms with E-state index in [1.165, 1.54) is 13.3 Å². The van der Waals surface area contributed by atoms with Gasteiger partial charge in [-0.2, -0.15) is 0 Å². The van der Waals surface area contributed by atoms with Gasteiger partial charge in [-0.05, 0) is 12.1 Å². The number of nitrogens with zero attached hydrogens (tertiary/aromatic N) is 2. The van der Waals surface area contributed by atoms with E-state index >= 15 is 0 Å². The number of hydrogen-bond acceptors (Lipinski definition) is 5. The molecule has 94 valence electrons. The average molecular weight is 266 g/mol. The molecule has 2 aromatic rings. The fourth-order valence-electron chi connectivity index (χ4n) is 1.57. The summed E-state index contributed by atoms with van der Waals surface area (Å²) in [5.41, 5.74) is 6.86. The number of nitrogens with two attached hydrogens (primary N) is 1. The van der Waals surface area contributed by atoms with Crippen LogP contribution in [-0.2, 0) is 0 Å². The lowest BCUT2D eigenvalue weighted by Crippen LogP contribution is -1.96. The molecule has 0 aliphatic heterocycles. The molecule has 5 nitrogen and oxygen atoms in total. The molecule has 0 radical (unpaired) electrons. The Labute approximate surface area is 110 Å². The molecule has 1 aromatic heterocycles. The molecule has 0 aliphatic rings. The first kappa shape index (κ1) is 12.4. The summed E-state index contributed by atoms with van der Waals surface area (Å²) in [5, 5.41) is 0.399. The Morgan fingerprint density at radius 3 is 2.44 bits per heavy atom. The van der Waals surface area contributed by atoms with Crippen molar-refractivity contribution in [2.24, 2.45) is 0 Å². The van der Waals surface area contributed by atoms with Gasteiger partial charge in [0.15, 0.2) is 5.75 Å². The minimum absolute atomic E-state index is 0.359. The maximum atomic E-state index is 6.17. The van der Waals surface area contributed by atoms with E-state index in [-0.39, 0.29) is 0 Å². The summed E-state index contributed by atoms with van der Waals surface area (Å²) in [7, 11) is 3.08. The van der Waals surface area contributed by atoms with Gasteiger partial charge in [0.05, 0.1) is 32.3 Å². The van der Waals surface area contributed by atoms with Gasteiger partial charge >= 0.3 is 0 Å². The van der Waals surface area contributed by atoms with Crippen LogP contribution in [0.3, 0.4) is 0 Å². The number of anilines is 1. The summed E-state index contributed by atoms with van der Waals surface area (Å²) >= 11 is 6.17. The molecule has 2 N–H and O–H groups in total. The molecular formula is C12H12ClN3O2. The van der Waals surface area contributed by atoms with Gasteiger partial charge < -0.3 is 15.2 Å². The molecular weight excluding hydrogens is 254 g/mol. The van der Waals surface area contributed by atoms with Crippen molar-refractivity contribution in [3.63, 3.8) is 0 Å². The Morgan fingerprint density at radius 1 is 1.11 bits per heavy atom. The van der Waals surface area contributed by atoms with Gasteiger partial charge in [-0.1, -0.05) is 11.6 Å². The van der Waals surface area contributed by atoms with Crippen LogP contribution in [0.15, 0.2) is 24.5 Å². The third kappa shape index (κ3) is 2.17. The Kier molecular flexibility index (Phi) is 3.53. The maximum Gasteiger partial charge on any atom is 0.150 e. The van der Waals surface area contributed by atoms with Gasteiger partial charge in [-0.25, -0.2) is 4.98 Å². The normalized spacial score (nSPS) is 10.2. The van der Waals surface area contributed by atoms with Gasteiger partial charge in [0.25, 0.3) is 0 Å². The van der Waals surface area contributed by atoms with E-state index in [0.29, 0.717) is 28.0 Å². The topological polar surface area (TPSA) is 70.3 Å². The Hall–Kier alpha value is -2.01. The van der Waals surface area contributed by atoms with Crippen molar-refractivity contribution in [3.8, 4) is 22.8 Å². The molecule has 18 heavy (non-hydrogen) atoms. The van der Waals surface area contributed by atoms with Crippen molar-refractivity contribution < 1.29 is 9.47 Å².